The van der Waals surface area contributed by atoms with E-state index in [2.05, 4.69) is 11.1 Å². The molecule has 1 aromatic carbocycles. The van der Waals surface area contributed by atoms with E-state index in [1.54, 1.807) is 11.3 Å². The van der Waals surface area contributed by atoms with Crippen molar-refractivity contribution in [2.75, 3.05) is 5.73 Å². The third kappa shape index (κ3) is 2.51. The van der Waals surface area contributed by atoms with Crippen LogP contribution in [0.3, 0.4) is 0 Å². The molecule has 0 aliphatic heterocycles. The van der Waals surface area contributed by atoms with Crippen LogP contribution in [0.25, 0.3) is 21.7 Å². The van der Waals surface area contributed by atoms with Crippen LogP contribution in [0.4, 0.5) is 5.82 Å². The van der Waals surface area contributed by atoms with Gasteiger partial charge in [-0.05, 0) is 24.4 Å². The van der Waals surface area contributed by atoms with Crippen molar-refractivity contribution in [1.29, 1.82) is 5.26 Å². The number of nitrogens with two attached hydrogens (primary N) is 1. The highest BCUT2D eigenvalue weighted by atomic mass is 32.1. The van der Waals surface area contributed by atoms with Crippen LogP contribution >= 0.6 is 11.3 Å². The van der Waals surface area contributed by atoms with Gasteiger partial charge in [0.2, 0.25) is 0 Å². The van der Waals surface area contributed by atoms with E-state index in [0.717, 1.165) is 21.7 Å². The summed E-state index contributed by atoms with van der Waals surface area (Å²) in [6.45, 7) is 2.04. The molecule has 0 saturated carbocycles. The molecule has 2 N–H and O–H groups in total. The summed E-state index contributed by atoms with van der Waals surface area (Å²) in [5.74, 6) is 0.277. The zero-order chi connectivity index (χ0) is 14.8. The van der Waals surface area contributed by atoms with E-state index in [1.165, 1.54) is 5.56 Å². The SMILES string of the molecule is Cc1ccc(-c2cc(-c3cccs3)c(C#N)c(N)n2)cc1. The average molecular weight is 291 g/mol. The Hall–Kier alpha value is -2.64. The molecule has 0 atom stereocenters. The van der Waals surface area contributed by atoms with Crippen molar-refractivity contribution in [2.45, 2.75) is 6.92 Å². The van der Waals surface area contributed by atoms with E-state index in [4.69, 9.17) is 5.73 Å². The summed E-state index contributed by atoms with van der Waals surface area (Å²) in [5, 5.41) is 11.3. The standard InChI is InChI=1S/C17H13N3S/c1-11-4-6-12(7-5-11)15-9-13(16-3-2-8-21-16)14(10-18)17(19)20-15/h2-9H,1H3,(H2,19,20). The molecule has 0 radical (unpaired) electrons. The van der Waals surface area contributed by atoms with Crippen LogP contribution in [0.2, 0.25) is 0 Å². The summed E-state index contributed by atoms with van der Waals surface area (Å²) >= 11 is 1.59. The molecular formula is C17H13N3S. The number of rotatable bonds is 2. The van der Waals surface area contributed by atoms with E-state index in [-0.39, 0.29) is 5.82 Å². The second-order valence-corrected chi connectivity index (χ2v) is 5.72. The predicted molar refractivity (Wildman–Crippen MR) is 86.9 cm³/mol. The summed E-state index contributed by atoms with van der Waals surface area (Å²) in [5.41, 5.74) is 10.2. The van der Waals surface area contributed by atoms with Gasteiger partial charge in [0.15, 0.2) is 0 Å². The minimum atomic E-state index is 0.277. The highest BCUT2D eigenvalue weighted by molar-refractivity contribution is 7.13. The molecular weight excluding hydrogens is 278 g/mol. The van der Waals surface area contributed by atoms with Crippen LogP contribution in [0, 0.1) is 18.3 Å². The normalized spacial score (nSPS) is 10.3. The molecule has 3 aromatic rings. The molecule has 3 rings (SSSR count). The number of hydrogen-bond donors (Lipinski definition) is 1. The highest BCUT2D eigenvalue weighted by Crippen LogP contribution is 2.33. The number of pyridine rings is 1. The molecule has 2 heterocycles. The zero-order valence-corrected chi connectivity index (χ0v) is 12.3. The molecule has 0 bridgehead atoms. The highest BCUT2D eigenvalue weighted by Gasteiger charge is 2.13. The molecule has 4 heteroatoms. The Bertz CT molecular complexity index is 812. The Morgan fingerprint density at radius 1 is 1.19 bits per heavy atom. The van der Waals surface area contributed by atoms with Gasteiger partial charge in [0.1, 0.15) is 17.5 Å². The topological polar surface area (TPSA) is 62.7 Å². The van der Waals surface area contributed by atoms with Crippen molar-refractivity contribution in [2.24, 2.45) is 0 Å². The molecule has 0 saturated heterocycles. The monoisotopic (exact) mass is 291 g/mol. The largest absolute Gasteiger partial charge is 0.383 e. The van der Waals surface area contributed by atoms with Crippen molar-refractivity contribution in [3.05, 3.63) is 59.0 Å². The van der Waals surface area contributed by atoms with Crippen molar-refractivity contribution in [1.82, 2.24) is 4.98 Å². The van der Waals surface area contributed by atoms with Crippen LogP contribution in [0.1, 0.15) is 11.1 Å². The minimum absolute atomic E-state index is 0.277. The van der Waals surface area contributed by atoms with Crippen molar-refractivity contribution < 1.29 is 0 Å². The van der Waals surface area contributed by atoms with Gasteiger partial charge < -0.3 is 5.73 Å². The van der Waals surface area contributed by atoms with Crippen LogP contribution < -0.4 is 5.73 Å². The van der Waals surface area contributed by atoms with Crippen molar-refractivity contribution in [3.63, 3.8) is 0 Å². The fraction of sp³-hybridized carbons (Fsp3) is 0.0588. The first-order chi connectivity index (χ1) is 10.2. The summed E-state index contributed by atoms with van der Waals surface area (Å²) < 4.78 is 0. The summed E-state index contributed by atoms with van der Waals surface area (Å²) in [4.78, 5) is 5.40. The van der Waals surface area contributed by atoms with Gasteiger partial charge in [-0.1, -0.05) is 35.9 Å². The van der Waals surface area contributed by atoms with E-state index >= 15 is 0 Å². The van der Waals surface area contributed by atoms with Crippen molar-refractivity contribution in [3.8, 4) is 27.8 Å². The van der Waals surface area contributed by atoms with E-state index in [1.807, 2.05) is 54.8 Å². The maximum atomic E-state index is 9.33. The van der Waals surface area contributed by atoms with Gasteiger partial charge in [-0.3, -0.25) is 0 Å². The molecule has 0 fully saturated rings. The van der Waals surface area contributed by atoms with E-state index < -0.39 is 0 Å². The van der Waals surface area contributed by atoms with Gasteiger partial charge in [0, 0.05) is 16.0 Å². The number of nitriles is 1. The van der Waals surface area contributed by atoms with Gasteiger partial charge in [0.05, 0.1) is 5.69 Å². The first-order valence-corrected chi connectivity index (χ1v) is 7.38. The first kappa shape index (κ1) is 13.3. The van der Waals surface area contributed by atoms with Crippen molar-refractivity contribution >= 4 is 17.2 Å². The van der Waals surface area contributed by atoms with Crippen LogP contribution in [0.15, 0.2) is 47.8 Å². The maximum Gasteiger partial charge on any atom is 0.142 e. The molecule has 0 aliphatic rings. The van der Waals surface area contributed by atoms with Gasteiger partial charge in [-0.2, -0.15) is 5.26 Å². The number of aryl methyl sites for hydroxylation is 1. The smallest absolute Gasteiger partial charge is 0.142 e. The van der Waals surface area contributed by atoms with Gasteiger partial charge >= 0.3 is 0 Å². The van der Waals surface area contributed by atoms with Crippen LogP contribution in [-0.2, 0) is 0 Å². The number of hydrogen-bond acceptors (Lipinski definition) is 4. The van der Waals surface area contributed by atoms with Gasteiger partial charge in [-0.15, -0.1) is 11.3 Å². The number of nitrogen functional groups attached to an aromatic ring is 1. The predicted octanol–water partition coefficient (Wildman–Crippen LogP) is 4.24. The minimum Gasteiger partial charge on any atom is -0.383 e. The van der Waals surface area contributed by atoms with Crippen LogP contribution in [-0.4, -0.2) is 4.98 Å². The Kier molecular flexibility index (Phi) is 3.43. The summed E-state index contributed by atoms with van der Waals surface area (Å²) in [7, 11) is 0. The number of anilines is 1. The first-order valence-electron chi connectivity index (χ1n) is 6.50. The van der Waals surface area contributed by atoms with Crippen LogP contribution in [0.5, 0.6) is 0 Å². The number of aromatic nitrogens is 1. The fourth-order valence-corrected chi connectivity index (χ4v) is 2.93. The van der Waals surface area contributed by atoms with Gasteiger partial charge in [-0.25, -0.2) is 4.98 Å². The lowest BCUT2D eigenvalue weighted by molar-refractivity contribution is 1.31. The Balaban J connectivity index is 2.21. The summed E-state index contributed by atoms with van der Waals surface area (Å²) in [6.07, 6.45) is 0. The third-order valence-corrected chi connectivity index (χ3v) is 4.20. The Morgan fingerprint density at radius 3 is 2.57 bits per heavy atom. The number of thiophene rings is 1. The molecule has 0 spiro atoms. The molecule has 3 nitrogen and oxygen atoms in total. The molecule has 0 amide bonds. The number of nitrogens with zero attached hydrogens (tertiary/aromatic N) is 2. The average Bonchev–Trinajstić information content (AvgIpc) is 3.01. The molecule has 2 aromatic heterocycles. The van der Waals surface area contributed by atoms with E-state index in [9.17, 15) is 5.26 Å². The molecule has 102 valence electrons. The summed E-state index contributed by atoms with van der Waals surface area (Å²) in [6, 6.07) is 16.1. The van der Waals surface area contributed by atoms with Gasteiger partial charge in [0.25, 0.3) is 0 Å². The number of benzene rings is 1. The van der Waals surface area contributed by atoms with E-state index in [0.29, 0.717) is 5.56 Å². The molecule has 0 aliphatic carbocycles. The lowest BCUT2D eigenvalue weighted by atomic mass is 10.0. The Labute approximate surface area is 127 Å². The second-order valence-electron chi connectivity index (χ2n) is 4.77. The fourth-order valence-electron chi connectivity index (χ4n) is 2.18. The molecule has 21 heavy (non-hydrogen) atoms. The third-order valence-electron chi connectivity index (χ3n) is 3.29. The second kappa shape index (κ2) is 5.39. The maximum absolute atomic E-state index is 9.33. The Morgan fingerprint density at radius 2 is 1.95 bits per heavy atom. The quantitative estimate of drug-likeness (QED) is 0.768. The lowest BCUT2D eigenvalue weighted by Gasteiger charge is -2.09. The lowest BCUT2D eigenvalue weighted by Crippen LogP contribution is -1.99. The molecule has 0 unspecified atom stereocenters. The zero-order valence-electron chi connectivity index (χ0n) is 11.5.